The zero-order valence-electron chi connectivity index (χ0n) is 10.5. The van der Waals surface area contributed by atoms with Gasteiger partial charge in [-0.25, -0.2) is 8.78 Å². The second kappa shape index (κ2) is 5.52. The van der Waals surface area contributed by atoms with E-state index in [4.69, 9.17) is 11.6 Å². The smallest absolute Gasteiger partial charge is 0.248 e. The molecule has 1 unspecified atom stereocenters. The first-order valence-electron chi connectivity index (χ1n) is 6.40. The number of aryl methyl sites for hydroxylation is 1. The van der Waals surface area contributed by atoms with Gasteiger partial charge in [0.25, 0.3) is 0 Å². The van der Waals surface area contributed by atoms with Gasteiger partial charge in [-0.3, -0.25) is 4.98 Å². The molecule has 1 aromatic rings. The molecule has 1 saturated carbocycles. The standard InChI is InChI=1S/C14H18ClF2N/c1-10-3-2-8-18-13(10)9-12(15)11-4-6-14(16,17)7-5-11/h2-3,8,11-12H,4-7,9H2,1H3. The fourth-order valence-electron chi connectivity index (χ4n) is 2.51. The Morgan fingerprint density at radius 1 is 1.44 bits per heavy atom. The molecule has 0 spiro atoms. The summed E-state index contributed by atoms with van der Waals surface area (Å²) < 4.78 is 26.2. The molecule has 0 radical (unpaired) electrons. The largest absolute Gasteiger partial charge is 0.261 e. The first-order chi connectivity index (χ1) is 8.48. The van der Waals surface area contributed by atoms with E-state index in [0.29, 0.717) is 19.3 Å². The highest BCUT2D eigenvalue weighted by atomic mass is 35.5. The summed E-state index contributed by atoms with van der Waals surface area (Å²) in [7, 11) is 0. The van der Waals surface area contributed by atoms with Crippen molar-refractivity contribution in [3.05, 3.63) is 29.6 Å². The van der Waals surface area contributed by atoms with Crippen LogP contribution < -0.4 is 0 Å². The van der Waals surface area contributed by atoms with Crippen molar-refractivity contribution in [2.45, 2.75) is 50.3 Å². The molecule has 0 amide bonds. The maximum atomic E-state index is 13.1. The summed E-state index contributed by atoms with van der Waals surface area (Å²) >= 11 is 6.37. The molecule has 1 nitrogen and oxygen atoms in total. The normalized spacial score (nSPS) is 21.8. The lowest BCUT2D eigenvalue weighted by molar-refractivity contribution is -0.0460. The van der Waals surface area contributed by atoms with Gasteiger partial charge in [0, 0.05) is 36.5 Å². The van der Waals surface area contributed by atoms with Crippen molar-refractivity contribution in [2.75, 3.05) is 0 Å². The first kappa shape index (κ1) is 13.7. The zero-order valence-corrected chi connectivity index (χ0v) is 11.3. The Labute approximate surface area is 112 Å². The fourth-order valence-corrected chi connectivity index (χ4v) is 2.91. The van der Waals surface area contributed by atoms with Gasteiger partial charge < -0.3 is 0 Å². The number of aromatic nitrogens is 1. The van der Waals surface area contributed by atoms with E-state index in [-0.39, 0.29) is 24.1 Å². The van der Waals surface area contributed by atoms with E-state index in [1.165, 1.54) is 0 Å². The Kier molecular flexibility index (Phi) is 4.21. The number of alkyl halides is 3. The Hall–Kier alpha value is -0.700. The van der Waals surface area contributed by atoms with Gasteiger partial charge in [0.05, 0.1) is 0 Å². The lowest BCUT2D eigenvalue weighted by atomic mass is 9.83. The van der Waals surface area contributed by atoms with Crippen LogP contribution in [0, 0.1) is 12.8 Å². The van der Waals surface area contributed by atoms with Gasteiger partial charge >= 0.3 is 0 Å². The van der Waals surface area contributed by atoms with Crippen LogP contribution in [0.3, 0.4) is 0 Å². The summed E-state index contributed by atoms with van der Waals surface area (Å²) in [6, 6.07) is 3.89. The average molecular weight is 274 g/mol. The van der Waals surface area contributed by atoms with Crippen LogP contribution in [0.5, 0.6) is 0 Å². The molecule has 0 aromatic carbocycles. The topological polar surface area (TPSA) is 12.9 Å². The minimum Gasteiger partial charge on any atom is -0.261 e. The van der Waals surface area contributed by atoms with E-state index < -0.39 is 5.92 Å². The quantitative estimate of drug-likeness (QED) is 0.746. The Morgan fingerprint density at radius 2 is 2.11 bits per heavy atom. The van der Waals surface area contributed by atoms with Crippen LogP contribution >= 0.6 is 11.6 Å². The lowest BCUT2D eigenvalue weighted by Gasteiger charge is -2.31. The van der Waals surface area contributed by atoms with E-state index in [1.54, 1.807) is 6.20 Å². The number of hydrogen-bond donors (Lipinski definition) is 0. The van der Waals surface area contributed by atoms with Gasteiger partial charge in [-0.2, -0.15) is 0 Å². The minimum absolute atomic E-state index is 0.0257. The molecular weight excluding hydrogens is 256 g/mol. The summed E-state index contributed by atoms with van der Waals surface area (Å²) in [5.41, 5.74) is 2.10. The molecular formula is C14H18ClF2N. The number of hydrogen-bond acceptors (Lipinski definition) is 1. The van der Waals surface area contributed by atoms with Crippen LogP contribution in [-0.2, 0) is 6.42 Å². The van der Waals surface area contributed by atoms with E-state index >= 15 is 0 Å². The minimum atomic E-state index is -2.48. The van der Waals surface area contributed by atoms with Crippen molar-refractivity contribution in [3.63, 3.8) is 0 Å². The Balaban J connectivity index is 1.93. The molecule has 0 bridgehead atoms. The molecule has 1 fully saturated rings. The summed E-state index contributed by atoms with van der Waals surface area (Å²) in [6.07, 6.45) is 3.41. The molecule has 18 heavy (non-hydrogen) atoms. The van der Waals surface area contributed by atoms with Crippen LogP contribution in [0.2, 0.25) is 0 Å². The Bertz CT molecular complexity index is 399. The van der Waals surface area contributed by atoms with E-state index in [0.717, 1.165) is 11.3 Å². The monoisotopic (exact) mass is 273 g/mol. The molecule has 4 heteroatoms. The maximum absolute atomic E-state index is 13.1. The van der Waals surface area contributed by atoms with Gasteiger partial charge in [0.15, 0.2) is 0 Å². The fraction of sp³-hybridized carbons (Fsp3) is 0.643. The average Bonchev–Trinajstić information content (AvgIpc) is 2.32. The second-order valence-corrected chi connectivity index (χ2v) is 5.74. The molecule has 0 saturated heterocycles. The number of nitrogens with zero attached hydrogens (tertiary/aromatic N) is 1. The number of pyridine rings is 1. The molecule has 0 aliphatic heterocycles. The van der Waals surface area contributed by atoms with E-state index in [2.05, 4.69) is 4.98 Å². The summed E-state index contributed by atoms with van der Waals surface area (Å²) in [5, 5.41) is -0.0882. The van der Waals surface area contributed by atoms with E-state index in [1.807, 2.05) is 19.1 Å². The predicted molar refractivity (Wildman–Crippen MR) is 69.2 cm³/mol. The van der Waals surface area contributed by atoms with Gasteiger partial charge in [-0.1, -0.05) is 6.07 Å². The predicted octanol–water partition coefficient (Wildman–Crippen LogP) is 4.37. The van der Waals surface area contributed by atoms with Crippen LogP contribution in [0.15, 0.2) is 18.3 Å². The van der Waals surface area contributed by atoms with Crippen molar-refractivity contribution in [3.8, 4) is 0 Å². The summed E-state index contributed by atoms with van der Waals surface area (Å²) in [4.78, 5) is 4.31. The lowest BCUT2D eigenvalue weighted by Crippen LogP contribution is -2.30. The maximum Gasteiger partial charge on any atom is 0.248 e. The van der Waals surface area contributed by atoms with E-state index in [9.17, 15) is 8.78 Å². The molecule has 1 atom stereocenters. The molecule has 1 aromatic heterocycles. The van der Waals surface area contributed by atoms with Crippen LogP contribution in [-0.4, -0.2) is 16.3 Å². The van der Waals surface area contributed by atoms with Crippen molar-refractivity contribution in [1.29, 1.82) is 0 Å². The molecule has 0 N–H and O–H groups in total. The second-order valence-electron chi connectivity index (χ2n) is 5.18. The summed E-state index contributed by atoms with van der Waals surface area (Å²) in [6.45, 7) is 2.00. The van der Waals surface area contributed by atoms with Crippen LogP contribution in [0.25, 0.3) is 0 Å². The summed E-state index contributed by atoms with van der Waals surface area (Å²) in [5.74, 6) is -2.29. The van der Waals surface area contributed by atoms with Crippen molar-refractivity contribution >= 4 is 11.6 Å². The van der Waals surface area contributed by atoms with Gasteiger partial charge in [-0.15, -0.1) is 11.6 Å². The number of halogens is 3. The zero-order chi connectivity index (χ0) is 13.2. The Morgan fingerprint density at radius 3 is 2.72 bits per heavy atom. The van der Waals surface area contributed by atoms with Gasteiger partial charge in [0.1, 0.15) is 0 Å². The highest BCUT2D eigenvalue weighted by Gasteiger charge is 2.37. The van der Waals surface area contributed by atoms with Gasteiger partial charge in [0.2, 0.25) is 5.92 Å². The third kappa shape index (κ3) is 3.41. The highest BCUT2D eigenvalue weighted by Crippen LogP contribution is 2.39. The highest BCUT2D eigenvalue weighted by molar-refractivity contribution is 6.20. The molecule has 100 valence electrons. The SMILES string of the molecule is Cc1cccnc1CC(Cl)C1CCC(F)(F)CC1. The first-order valence-corrected chi connectivity index (χ1v) is 6.84. The van der Waals surface area contributed by atoms with Crippen molar-refractivity contribution in [1.82, 2.24) is 4.98 Å². The van der Waals surface area contributed by atoms with Crippen LogP contribution in [0.1, 0.15) is 36.9 Å². The third-order valence-electron chi connectivity index (χ3n) is 3.78. The molecule has 1 heterocycles. The molecule has 2 rings (SSSR count). The van der Waals surface area contributed by atoms with Crippen molar-refractivity contribution in [2.24, 2.45) is 5.92 Å². The van der Waals surface area contributed by atoms with Crippen molar-refractivity contribution < 1.29 is 8.78 Å². The van der Waals surface area contributed by atoms with Gasteiger partial charge in [-0.05, 0) is 37.3 Å². The number of rotatable bonds is 3. The molecule has 1 aliphatic carbocycles. The third-order valence-corrected chi connectivity index (χ3v) is 4.29. The molecule has 1 aliphatic rings. The van der Waals surface area contributed by atoms with Crippen LogP contribution in [0.4, 0.5) is 8.78 Å².